The lowest BCUT2D eigenvalue weighted by Crippen LogP contribution is -2.20. The Labute approximate surface area is 82.0 Å². The Balaban J connectivity index is 2.18. The minimum absolute atomic E-state index is 0.0347. The Kier molecular flexibility index (Phi) is 2.72. The Hall–Kier alpha value is -1.03. The first-order valence-corrected chi connectivity index (χ1v) is 4.92. The summed E-state index contributed by atoms with van der Waals surface area (Å²) in [6.07, 6.45) is 5.79. The highest BCUT2D eigenvalue weighted by Crippen LogP contribution is 2.32. The third-order valence-corrected chi connectivity index (χ3v) is 2.71. The highest BCUT2D eigenvalue weighted by Gasteiger charge is 2.25. The minimum atomic E-state index is -0.494. The lowest BCUT2D eigenvalue weighted by Gasteiger charge is -2.25. The van der Waals surface area contributed by atoms with Crippen molar-refractivity contribution in [3.8, 4) is 0 Å². The van der Waals surface area contributed by atoms with Gasteiger partial charge in [-0.3, -0.25) is 4.98 Å². The minimum Gasteiger partial charge on any atom is -0.393 e. The predicted molar refractivity (Wildman–Crippen MR) is 49.2 cm³/mol. The van der Waals surface area contributed by atoms with Crippen LogP contribution >= 0.6 is 0 Å². The van der Waals surface area contributed by atoms with Crippen molar-refractivity contribution in [3.05, 3.63) is 24.0 Å². The normalized spacial score (nSPS) is 27.6. The van der Waals surface area contributed by atoms with Crippen molar-refractivity contribution in [2.24, 2.45) is 0 Å². The molecular weight excluding hydrogens is 183 g/mol. The van der Waals surface area contributed by atoms with Crippen molar-refractivity contribution < 1.29 is 9.50 Å². The number of nitrogens with zero attached hydrogens (tertiary/aromatic N) is 2. The average Bonchev–Trinajstić information content (AvgIpc) is 2.18. The van der Waals surface area contributed by atoms with Crippen LogP contribution in [0, 0.1) is 5.95 Å². The molecular formula is C10H13FN2O. The smallest absolute Gasteiger partial charge is 0.234 e. The van der Waals surface area contributed by atoms with Gasteiger partial charge in [-0.2, -0.15) is 4.39 Å². The number of aliphatic hydroxyl groups excluding tert-OH is 1. The molecule has 2 rings (SSSR count). The second-order valence-electron chi connectivity index (χ2n) is 3.75. The van der Waals surface area contributed by atoms with E-state index in [9.17, 15) is 9.50 Å². The molecule has 1 N–H and O–H groups in total. The monoisotopic (exact) mass is 196 g/mol. The van der Waals surface area contributed by atoms with Gasteiger partial charge in [-0.05, 0) is 19.3 Å². The molecule has 1 aliphatic carbocycles. The standard InChI is InChI=1S/C10H13FN2O/c11-10-9(12-4-5-13-10)7-2-1-3-8(14)6-7/h4-5,7-8,14H,1-3,6H2/t7-,8+/m0/s1. The van der Waals surface area contributed by atoms with Crippen LogP contribution in [-0.2, 0) is 0 Å². The Morgan fingerprint density at radius 1 is 1.29 bits per heavy atom. The third-order valence-electron chi connectivity index (χ3n) is 2.71. The van der Waals surface area contributed by atoms with E-state index in [2.05, 4.69) is 9.97 Å². The SMILES string of the molecule is O[C@@H]1CCC[C@H](c2nccnc2F)C1. The number of hydrogen-bond acceptors (Lipinski definition) is 3. The highest BCUT2D eigenvalue weighted by molar-refractivity contribution is 5.07. The van der Waals surface area contributed by atoms with Gasteiger partial charge in [0.1, 0.15) is 0 Å². The summed E-state index contributed by atoms with van der Waals surface area (Å²) in [4.78, 5) is 7.56. The van der Waals surface area contributed by atoms with Gasteiger partial charge in [0.05, 0.1) is 11.8 Å². The van der Waals surface area contributed by atoms with Gasteiger partial charge in [0.2, 0.25) is 5.95 Å². The summed E-state index contributed by atoms with van der Waals surface area (Å²) in [5, 5.41) is 9.46. The Morgan fingerprint density at radius 2 is 2.07 bits per heavy atom. The number of halogens is 1. The van der Waals surface area contributed by atoms with E-state index in [1.807, 2.05) is 0 Å². The molecule has 76 valence electrons. The van der Waals surface area contributed by atoms with E-state index in [1.54, 1.807) is 0 Å². The maximum absolute atomic E-state index is 13.2. The van der Waals surface area contributed by atoms with Gasteiger partial charge in [0.25, 0.3) is 0 Å². The molecule has 0 unspecified atom stereocenters. The van der Waals surface area contributed by atoms with Gasteiger partial charge in [-0.1, -0.05) is 6.42 Å². The molecule has 1 aliphatic rings. The molecule has 0 saturated heterocycles. The second-order valence-corrected chi connectivity index (χ2v) is 3.75. The van der Waals surface area contributed by atoms with Crippen molar-refractivity contribution in [2.75, 3.05) is 0 Å². The Morgan fingerprint density at radius 3 is 2.79 bits per heavy atom. The van der Waals surface area contributed by atoms with E-state index in [0.717, 1.165) is 19.3 Å². The van der Waals surface area contributed by atoms with Crippen molar-refractivity contribution in [1.82, 2.24) is 9.97 Å². The van der Waals surface area contributed by atoms with Crippen LogP contribution in [0.5, 0.6) is 0 Å². The summed E-state index contributed by atoms with van der Waals surface area (Å²) in [6, 6.07) is 0. The van der Waals surface area contributed by atoms with E-state index in [-0.39, 0.29) is 12.0 Å². The molecule has 0 amide bonds. The molecule has 1 fully saturated rings. The zero-order valence-corrected chi connectivity index (χ0v) is 7.86. The predicted octanol–water partition coefficient (Wildman–Crippen LogP) is 1.63. The average molecular weight is 196 g/mol. The molecule has 0 aromatic carbocycles. The molecule has 4 heteroatoms. The van der Waals surface area contributed by atoms with Gasteiger partial charge >= 0.3 is 0 Å². The summed E-state index contributed by atoms with van der Waals surface area (Å²) in [6.45, 7) is 0. The molecule has 3 nitrogen and oxygen atoms in total. The Bertz CT molecular complexity index is 319. The molecule has 1 aromatic rings. The van der Waals surface area contributed by atoms with Gasteiger partial charge in [0, 0.05) is 18.3 Å². The molecule has 0 spiro atoms. The van der Waals surface area contributed by atoms with Crippen LogP contribution in [-0.4, -0.2) is 21.2 Å². The van der Waals surface area contributed by atoms with E-state index in [0.29, 0.717) is 12.1 Å². The summed E-state index contributed by atoms with van der Waals surface area (Å²) in [7, 11) is 0. The van der Waals surface area contributed by atoms with Crippen molar-refractivity contribution in [2.45, 2.75) is 37.7 Å². The fraction of sp³-hybridized carbons (Fsp3) is 0.600. The maximum atomic E-state index is 13.2. The van der Waals surface area contributed by atoms with Gasteiger partial charge in [0.15, 0.2) is 0 Å². The van der Waals surface area contributed by atoms with Crippen LogP contribution in [0.25, 0.3) is 0 Å². The molecule has 1 saturated carbocycles. The molecule has 0 aliphatic heterocycles. The van der Waals surface area contributed by atoms with Gasteiger partial charge < -0.3 is 5.11 Å². The number of aliphatic hydroxyl groups is 1. The first-order valence-electron chi connectivity index (χ1n) is 4.92. The zero-order valence-electron chi connectivity index (χ0n) is 7.86. The largest absolute Gasteiger partial charge is 0.393 e. The zero-order chi connectivity index (χ0) is 9.97. The van der Waals surface area contributed by atoms with Crippen molar-refractivity contribution in [1.29, 1.82) is 0 Å². The topological polar surface area (TPSA) is 46.0 Å². The highest BCUT2D eigenvalue weighted by atomic mass is 19.1. The van der Waals surface area contributed by atoms with Crippen LogP contribution in [0.3, 0.4) is 0 Å². The molecule has 2 atom stereocenters. The lowest BCUT2D eigenvalue weighted by atomic mass is 9.85. The summed E-state index contributed by atoms with van der Waals surface area (Å²) in [5.41, 5.74) is 0.409. The summed E-state index contributed by atoms with van der Waals surface area (Å²) < 4.78 is 13.2. The fourth-order valence-electron chi connectivity index (χ4n) is 2.02. The molecule has 0 radical (unpaired) electrons. The van der Waals surface area contributed by atoms with E-state index in [4.69, 9.17) is 0 Å². The van der Waals surface area contributed by atoms with Gasteiger partial charge in [-0.25, -0.2) is 4.98 Å². The molecule has 0 bridgehead atoms. The summed E-state index contributed by atoms with van der Waals surface area (Å²) in [5.74, 6) is -0.459. The van der Waals surface area contributed by atoms with Crippen LogP contribution in [0.15, 0.2) is 12.4 Å². The van der Waals surface area contributed by atoms with Gasteiger partial charge in [-0.15, -0.1) is 0 Å². The number of aromatic nitrogens is 2. The number of rotatable bonds is 1. The summed E-state index contributed by atoms with van der Waals surface area (Å²) >= 11 is 0. The molecule has 1 aromatic heterocycles. The van der Waals surface area contributed by atoms with Crippen LogP contribution in [0.2, 0.25) is 0 Å². The lowest BCUT2D eigenvalue weighted by molar-refractivity contribution is 0.117. The number of hydrogen-bond donors (Lipinski definition) is 1. The fourth-order valence-corrected chi connectivity index (χ4v) is 2.02. The quantitative estimate of drug-likeness (QED) is 0.742. The van der Waals surface area contributed by atoms with Crippen LogP contribution in [0.1, 0.15) is 37.3 Å². The second kappa shape index (κ2) is 4.00. The van der Waals surface area contributed by atoms with Crippen molar-refractivity contribution in [3.63, 3.8) is 0 Å². The van der Waals surface area contributed by atoms with E-state index >= 15 is 0 Å². The first kappa shape index (κ1) is 9.52. The molecule has 1 heterocycles. The third kappa shape index (κ3) is 1.90. The maximum Gasteiger partial charge on any atom is 0.234 e. The van der Waals surface area contributed by atoms with Crippen LogP contribution < -0.4 is 0 Å². The van der Waals surface area contributed by atoms with E-state index < -0.39 is 5.95 Å². The molecule has 14 heavy (non-hydrogen) atoms. The first-order chi connectivity index (χ1) is 6.77. The van der Waals surface area contributed by atoms with Crippen molar-refractivity contribution >= 4 is 0 Å². The van der Waals surface area contributed by atoms with Crippen LogP contribution in [0.4, 0.5) is 4.39 Å². The van der Waals surface area contributed by atoms with E-state index in [1.165, 1.54) is 12.4 Å².